The summed E-state index contributed by atoms with van der Waals surface area (Å²) in [5, 5.41) is 8.86. The highest BCUT2D eigenvalue weighted by Gasteiger charge is 2.14. The number of aromatic carboxylic acids is 1. The maximum atomic E-state index is 11.4. The van der Waals surface area contributed by atoms with E-state index >= 15 is 0 Å². The maximum absolute atomic E-state index is 11.4. The van der Waals surface area contributed by atoms with Gasteiger partial charge in [-0.1, -0.05) is 6.07 Å². The molecule has 14 heavy (non-hydrogen) atoms. The van der Waals surface area contributed by atoms with Crippen molar-refractivity contribution in [1.82, 2.24) is 0 Å². The molecule has 0 bridgehead atoms. The summed E-state index contributed by atoms with van der Waals surface area (Å²) in [7, 11) is -1.14. The summed E-state index contributed by atoms with van der Waals surface area (Å²) in [6, 6.07) is 3.23. The van der Waals surface area contributed by atoms with E-state index in [1.54, 1.807) is 25.3 Å². The van der Waals surface area contributed by atoms with Gasteiger partial charge in [-0.15, -0.1) is 0 Å². The number of benzene rings is 1. The van der Waals surface area contributed by atoms with E-state index in [-0.39, 0.29) is 5.56 Å². The molecule has 0 aromatic heterocycles. The molecule has 0 saturated carbocycles. The molecule has 0 aliphatic heterocycles. The molecule has 0 aliphatic rings. The topological polar surface area (TPSA) is 54.4 Å². The zero-order valence-electron chi connectivity index (χ0n) is 8.33. The number of hydrogen-bond acceptors (Lipinski definition) is 2. The molecule has 0 spiro atoms. The monoisotopic (exact) mass is 212 g/mol. The van der Waals surface area contributed by atoms with Crippen LogP contribution >= 0.6 is 0 Å². The van der Waals surface area contributed by atoms with Crippen molar-refractivity contribution in [2.24, 2.45) is 0 Å². The molecule has 1 N–H and O–H groups in total. The van der Waals surface area contributed by atoms with Gasteiger partial charge in [0, 0.05) is 11.2 Å². The average molecular weight is 212 g/mol. The van der Waals surface area contributed by atoms with Gasteiger partial charge < -0.3 is 5.11 Å². The number of hydrogen-bond donors (Lipinski definition) is 1. The zero-order valence-corrected chi connectivity index (χ0v) is 9.14. The van der Waals surface area contributed by atoms with Crippen LogP contribution in [0.5, 0.6) is 0 Å². The van der Waals surface area contributed by atoms with Crippen LogP contribution in [-0.2, 0) is 10.8 Å². The van der Waals surface area contributed by atoms with Gasteiger partial charge in [-0.25, -0.2) is 4.79 Å². The summed E-state index contributed by atoms with van der Waals surface area (Å²) in [5.74, 6) is -0.978. The fourth-order valence-electron chi connectivity index (χ4n) is 1.50. The highest BCUT2D eigenvalue weighted by atomic mass is 32.2. The molecule has 0 radical (unpaired) electrons. The largest absolute Gasteiger partial charge is 0.478 e. The molecular weight excluding hydrogens is 200 g/mol. The third-order valence-electron chi connectivity index (χ3n) is 2.12. The van der Waals surface area contributed by atoms with Gasteiger partial charge in [0.15, 0.2) is 0 Å². The number of carboxylic acid groups (broad SMARTS) is 1. The molecule has 1 aromatic carbocycles. The van der Waals surface area contributed by atoms with Gasteiger partial charge in [-0.3, -0.25) is 4.21 Å². The Morgan fingerprint density at radius 1 is 1.36 bits per heavy atom. The van der Waals surface area contributed by atoms with E-state index in [0.717, 1.165) is 5.56 Å². The van der Waals surface area contributed by atoms with Crippen molar-refractivity contribution >= 4 is 16.8 Å². The molecule has 1 rings (SSSR count). The number of aryl methyl sites for hydroxylation is 1. The number of carboxylic acids is 1. The Hall–Kier alpha value is -1.16. The summed E-state index contributed by atoms with van der Waals surface area (Å²) in [6.07, 6.45) is 1.56. The van der Waals surface area contributed by atoms with E-state index in [1.807, 2.05) is 6.92 Å². The van der Waals surface area contributed by atoms with E-state index in [4.69, 9.17) is 5.11 Å². The van der Waals surface area contributed by atoms with Gasteiger partial charge in [0.1, 0.15) is 0 Å². The summed E-state index contributed by atoms with van der Waals surface area (Å²) in [6.45, 7) is 3.52. The first-order chi connectivity index (χ1) is 6.45. The first-order valence-electron chi connectivity index (χ1n) is 4.12. The highest BCUT2D eigenvalue weighted by Crippen LogP contribution is 2.21. The standard InChI is InChI=1S/C10H12O3S/c1-6-4-5-8(10(11)12)7(2)9(6)14(3)13/h4-5H,1-3H3,(H,11,12)/t14-/m1/s1. The van der Waals surface area contributed by atoms with Crippen molar-refractivity contribution in [1.29, 1.82) is 0 Å². The van der Waals surface area contributed by atoms with Crippen LogP contribution in [0.4, 0.5) is 0 Å². The van der Waals surface area contributed by atoms with Crippen LogP contribution in [0.1, 0.15) is 21.5 Å². The van der Waals surface area contributed by atoms with Crippen LogP contribution in [-0.4, -0.2) is 21.5 Å². The van der Waals surface area contributed by atoms with E-state index in [1.165, 1.54) is 0 Å². The number of carbonyl (C=O) groups is 1. The maximum Gasteiger partial charge on any atom is 0.335 e. The third-order valence-corrected chi connectivity index (χ3v) is 3.32. The second-order valence-electron chi connectivity index (χ2n) is 3.14. The Bertz CT molecular complexity index is 410. The predicted molar refractivity (Wildman–Crippen MR) is 55.2 cm³/mol. The summed E-state index contributed by atoms with van der Waals surface area (Å²) in [4.78, 5) is 11.4. The van der Waals surface area contributed by atoms with Crippen molar-refractivity contribution < 1.29 is 14.1 Å². The SMILES string of the molecule is Cc1ccc(C(=O)O)c(C)c1[S@@](C)=O. The van der Waals surface area contributed by atoms with E-state index < -0.39 is 16.8 Å². The van der Waals surface area contributed by atoms with Gasteiger partial charge in [0.05, 0.1) is 16.4 Å². The average Bonchev–Trinajstić information content (AvgIpc) is 2.02. The highest BCUT2D eigenvalue weighted by molar-refractivity contribution is 7.84. The van der Waals surface area contributed by atoms with Gasteiger partial charge in [-0.2, -0.15) is 0 Å². The minimum atomic E-state index is -1.14. The Balaban J connectivity index is 3.49. The molecule has 76 valence electrons. The van der Waals surface area contributed by atoms with Crippen molar-refractivity contribution in [3.05, 3.63) is 28.8 Å². The smallest absolute Gasteiger partial charge is 0.335 e. The van der Waals surface area contributed by atoms with E-state index in [2.05, 4.69) is 0 Å². The van der Waals surface area contributed by atoms with Gasteiger partial charge in [0.25, 0.3) is 0 Å². The summed E-state index contributed by atoms with van der Waals surface area (Å²) < 4.78 is 11.4. The minimum absolute atomic E-state index is 0.223. The fourth-order valence-corrected chi connectivity index (χ4v) is 2.56. The third kappa shape index (κ3) is 1.85. The van der Waals surface area contributed by atoms with E-state index in [9.17, 15) is 9.00 Å². The van der Waals surface area contributed by atoms with Gasteiger partial charge in [-0.05, 0) is 31.0 Å². The quantitative estimate of drug-likeness (QED) is 0.812. The second-order valence-corrected chi connectivity index (χ2v) is 4.46. The Kier molecular flexibility index (Phi) is 3.06. The van der Waals surface area contributed by atoms with Crippen LogP contribution in [0.15, 0.2) is 17.0 Å². The molecule has 0 fully saturated rings. The molecule has 0 unspecified atom stereocenters. The summed E-state index contributed by atoms with van der Waals surface area (Å²) >= 11 is 0. The lowest BCUT2D eigenvalue weighted by Gasteiger charge is -2.09. The molecule has 3 nitrogen and oxygen atoms in total. The van der Waals surface area contributed by atoms with E-state index in [0.29, 0.717) is 10.5 Å². The molecule has 1 aromatic rings. The molecular formula is C10H12O3S. The van der Waals surface area contributed by atoms with Crippen LogP contribution in [0.2, 0.25) is 0 Å². The van der Waals surface area contributed by atoms with Gasteiger partial charge >= 0.3 is 5.97 Å². The second kappa shape index (κ2) is 3.92. The lowest BCUT2D eigenvalue weighted by atomic mass is 10.1. The molecule has 4 heteroatoms. The van der Waals surface area contributed by atoms with Crippen molar-refractivity contribution in [2.75, 3.05) is 6.26 Å². The Morgan fingerprint density at radius 2 is 1.93 bits per heavy atom. The molecule has 0 heterocycles. The molecule has 0 saturated heterocycles. The van der Waals surface area contributed by atoms with Crippen molar-refractivity contribution in [3.63, 3.8) is 0 Å². The van der Waals surface area contributed by atoms with Crippen LogP contribution in [0.3, 0.4) is 0 Å². The molecule has 0 aliphatic carbocycles. The lowest BCUT2D eigenvalue weighted by Crippen LogP contribution is -2.05. The number of rotatable bonds is 2. The van der Waals surface area contributed by atoms with Crippen LogP contribution in [0.25, 0.3) is 0 Å². The lowest BCUT2D eigenvalue weighted by molar-refractivity contribution is 0.0696. The predicted octanol–water partition coefficient (Wildman–Crippen LogP) is 1.74. The minimum Gasteiger partial charge on any atom is -0.478 e. The summed E-state index contributed by atoms with van der Waals surface area (Å²) in [5.41, 5.74) is 1.69. The van der Waals surface area contributed by atoms with Crippen LogP contribution < -0.4 is 0 Å². The zero-order chi connectivity index (χ0) is 10.9. The van der Waals surface area contributed by atoms with Crippen LogP contribution in [0, 0.1) is 13.8 Å². The first-order valence-corrected chi connectivity index (χ1v) is 5.68. The van der Waals surface area contributed by atoms with Crippen molar-refractivity contribution in [2.45, 2.75) is 18.7 Å². The van der Waals surface area contributed by atoms with Gasteiger partial charge in [0.2, 0.25) is 0 Å². The Morgan fingerprint density at radius 3 is 2.36 bits per heavy atom. The fraction of sp³-hybridized carbons (Fsp3) is 0.300. The molecule has 1 atom stereocenters. The van der Waals surface area contributed by atoms with Crippen molar-refractivity contribution in [3.8, 4) is 0 Å². The molecule has 0 amide bonds. The Labute approximate surface area is 85.2 Å². The normalized spacial score (nSPS) is 12.5. The first kappa shape index (κ1) is 10.9.